The van der Waals surface area contributed by atoms with Crippen molar-refractivity contribution in [3.8, 4) is 0 Å². The number of amidine groups is 1. The van der Waals surface area contributed by atoms with E-state index in [1.807, 2.05) is 19.1 Å². The van der Waals surface area contributed by atoms with Gasteiger partial charge in [-0.3, -0.25) is 0 Å². The molecule has 4 nitrogen and oxygen atoms in total. The van der Waals surface area contributed by atoms with Gasteiger partial charge in [0.15, 0.2) is 5.84 Å². The van der Waals surface area contributed by atoms with Crippen molar-refractivity contribution >= 4 is 23.5 Å². The lowest BCUT2D eigenvalue weighted by molar-refractivity contribution is 0.102. The van der Waals surface area contributed by atoms with Crippen molar-refractivity contribution in [2.24, 2.45) is 5.16 Å². The number of rotatable bonds is 3. The fraction of sp³-hybridized carbons (Fsp3) is 0.400. The number of oxime groups is 1. The molecule has 2 heterocycles. The van der Waals surface area contributed by atoms with Crippen molar-refractivity contribution in [1.82, 2.24) is 4.72 Å². The Morgan fingerprint density at radius 1 is 1.25 bits per heavy atom. The highest BCUT2D eigenvalue weighted by Crippen LogP contribution is 2.23. The predicted molar refractivity (Wildman–Crippen MR) is 84.0 cm³/mol. The van der Waals surface area contributed by atoms with Crippen LogP contribution in [-0.2, 0) is 4.84 Å². The van der Waals surface area contributed by atoms with Crippen molar-refractivity contribution in [3.05, 3.63) is 36.4 Å². The molecule has 1 N–H and O–H groups in total. The topological polar surface area (TPSA) is 36.9 Å². The fourth-order valence-corrected chi connectivity index (χ4v) is 2.90. The van der Waals surface area contributed by atoms with Crippen molar-refractivity contribution < 1.29 is 4.84 Å². The van der Waals surface area contributed by atoms with E-state index in [1.54, 1.807) is 11.9 Å². The second-order valence-electron chi connectivity index (χ2n) is 5.04. The highest BCUT2D eigenvalue weighted by molar-refractivity contribution is 7.98. The lowest BCUT2D eigenvalue weighted by atomic mass is 10.3. The van der Waals surface area contributed by atoms with E-state index in [1.165, 1.54) is 36.5 Å². The number of nitrogens with one attached hydrogen (secondary N) is 1. The lowest BCUT2D eigenvalue weighted by Gasteiger charge is -2.17. The van der Waals surface area contributed by atoms with Crippen LogP contribution in [0.5, 0.6) is 0 Å². The van der Waals surface area contributed by atoms with Crippen LogP contribution in [-0.4, -0.2) is 25.0 Å². The molecule has 0 saturated carbocycles. The van der Waals surface area contributed by atoms with E-state index in [-0.39, 0.29) is 6.10 Å². The molecule has 0 amide bonds. The summed E-state index contributed by atoms with van der Waals surface area (Å²) in [5.74, 6) is 0.747. The molecule has 2 aliphatic heterocycles. The van der Waals surface area contributed by atoms with Gasteiger partial charge in [-0.15, -0.1) is 0 Å². The third-order valence-corrected chi connectivity index (χ3v) is 4.24. The van der Waals surface area contributed by atoms with Crippen LogP contribution in [0.4, 0.5) is 5.69 Å². The van der Waals surface area contributed by atoms with Crippen LogP contribution in [0.2, 0.25) is 0 Å². The minimum absolute atomic E-state index is 0.0605. The third kappa shape index (κ3) is 3.28. The van der Waals surface area contributed by atoms with Gasteiger partial charge in [-0.25, -0.2) is 0 Å². The summed E-state index contributed by atoms with van der Waals surface area (Å²) in [6.07, 6.45) is 6.60. The summed E-state index contributed by atoms with van der Waals surface area (Å²) in [6.45, 7) is 4.32. The number of hydrogen-bond donors (Lipinski definition) is 1. The molecule has 0 aromatic heterocycles. The van der Waals surface area contributed by atoms with Gasteiger partial charge in [0, 0.05) is 23.7 Å². The van der Waals surface area contributed by atoms with Crippen molar-refractivity contribution in [3.63, 3.8) is 0 Å². The van der Waals surface area contributed by atoms with Crippen LogP contribution in [0.3, 0.4) is 0 Å². The van der Waals surface area contributed by atoms with Crippen molar-refractivity contribution in [2.45, 2.75) is 30.8 Å². The van der Waals surface area contributed by atoms with Gasteiger partial charge in [0.2, 0.25) is 0 Å². The minimum Gasteiger partial charge on any atom is -0.387 e. The van der Waals surface area contributed by atoms with E-state index in [0.29, 0.717) is 0 Å². The Bertz CT molecular complexity index is 506. The molecule has 2 aliphatic rings. The summed E-state index contributed by atoms with van der Waals surface area (Å²) >= 11 is 1.55. The first-order valence-corrected chi connectivity index (χ1v) is 7.83. The molecule has 1 fully saturated rings. The normalized spacial score (nSPS) is 21.6. The molecule has 1 aromatic rings. The maximum Gasteiger partial charge on any atom is 0.175 e. The van der Waals surface area contributed by atoms with Gasteiger partial charge in [0.05, 0.1) is 0 Å². The van der Waals surface area contributed by atoms with E-state index in [0.717, 1.165) is 5.84 Å². The molecular weight excluding hydrogens is 270 g/mol. The summed E-state index contributed by atoms with van der Waals surface area (Å²) in [7, 11) is 0. The number of nitrogens with zero attached hydrogens (tertiary/aromatic N) is 2. The zero-order chi connectivity index (χ0) is 13.8. The average Bonchev–Trinajstić information content (AvgIpc) is 3.01. The summed E-state index contributed by atoms with van der Waals surface area (Å²) in [5.41, 5.74) is 1.32. The summed E-state index contributed by atoms with van der Waals surface area (Å²) in [4.78, 5) is 8.79. The van der Waals surface area contributed by atoms with Gasteiger partial charge in [0.1, 0.15) is 6.10 Å². The molecule has 1 atom stereocenters. The van der Waals surface area contributed by atoms with Crippen LogP contribution in [0, 0.1) is 0 Å². The highest BCUT2D eigenvalue weighted by Gasteiger charge is 2.12. The molecule has 1 saturated heterocycles. The second kappa shape index (κ2) is 6.22. The highest BCUT2D eigenvalue weighted by atomic mass is 32.2. The van der Waals surface area contributed by atoms with E-state index in [9.17, 15) is 0 Å². The number of anilines is 1. The first-order valence-electron chi connectivity index (χ1n) is 7.01. The van der Waals surface area contributed by atoms with Crippen molar-refractivity contribution in [1.29, 1.82) is 0 Å². The van der Waals surface area contributed by atoms with Crippen LogP contribution < -0.4 is 9.62 Å². The summed E-state index contributed by atoms with van der Waals surface area (Å²) in [6, 6.07) is 8.66. The van der Waals surface area contributed by atoms with E-state index in [4.69, 9.17) is 4.84 Å². The van der Waals surface area contributed by atoms with E-state index < -0.39 is 0 Å². The molecule has 0 aliphatic carbocycles. The summed E-state index contributed by atoms with van der Waals surface area (Å²) < 4.78 is 3.19. The lowest BCUT2D eigenvalue weighted by Crippen LogP contribution is -2.19. The van der Waals surface area contributed by atoms with E-state index >= 15 is 0 Å². The molecule has 20 heavy (non-hydrogen) atoms. The Labute approximate surface area is 124 Å². The molecule has 1 aromatic carbocycles. The first-order chi connectivity index (χ1) is 9.81. The van der Waals surface area contributed by atoms with Crippen LogP contribution >= 0.6 is 11.9 Å². The van der Waals surface area contributed by atoms with Crippen LogP contribution in [0.1, 0.15) is 19.8 Å². The zero-order valence-corrected chi connectivity index (χ0v) is 12.4. The van der Waals surface area contributed by atoms with Crippen molar-refractivity contribution in [2.75, 3.05) is 18.0 Å². The fourth-order valence-electron chi connectivity index (χ4n) is 2.30. The van der Waals surface area contributed by atoms with Gasteiger partial charge in [-0.1, -0.05) is 5.16 Å². The molecule has 1 unspecified atom stereocenters. The summed E-state index contributed by atoms with van der Waals surface area (Å²) in [5, 5.41) is 4.00. The largest absolute Gasteiger partial charge is 0.387 e. The average molecular weight is 289 g/mol. The monoisotopic (exact) mass is 289 g/mol. The second-order valence-corrected chi connectivity index (χ2v) is 5.92. The first kappa shape index (κ1) is 13.4. The number of benzene rings is 1. The van der Waals surface area contributed by atoms with Gasteiger partial charge in [-0.2, -0.15) is 0 Å². The maximum absolute atomic E-state index is 5.18. The Hall–Kier alpha value is -1.62. The van der Waals surface area contributed by atoms with Gasteiger partial charge >= 0.3 is 0 Å². The van der Waals surface area contributed by atoms with Gasteiger partial charge < -0.3 is 14.5 Å². The smallest absolute Gasteiger partial charge is 0.175 e. The Kier molecular flexibility index (Phi) is 4.16. The van der Waals surface area contributed by atoms with Crippen LogP contribution in [0.25, 0.3) is 0 Å². The van der Waals surface area contributed by atoms with Crippen LogP contribution in [0.15, 0.2) is 46.5 Å². The molecule has 0 radical (unpaired) electrons. The molecule has 3 rings (SSSR count). The standard InChI is InChI=1S/C15H19N3OS/c1-12-4-9-15(16-19-12)17-20-14-7-5-13(6-8-14)18-10-2-3-11-18/h4-9,12H,2-3,10-11H2,1H3,(H,16,17). The number of hydrogen-bond acceptors (Lipinski definition) is 5. The quantitative estimate of drug-likeness (QED) is 0.867. The Morgan fingerprint density at radius 2 is 2.00 bits per heavy atom. The Morgan fingerprint density at radius 3 is 2.65 bits per heavy atom. The SMILES string of the molecule is CC1C=CC(NSc2ccc(N3CCCC3)cc2)=NO1. The molecule has 0 spiro atoms. The van der Waals surface area contributed by atoms with E-state index in [2.05, 4.69) is 39.0 Å². The molecular formula is C15H19N3OS. The maximum atomic E-state index is 5.18. The molecule has 0 bridgehead atoms. The predicted octanol–water partition coefficient (Wildman–Crippen LogP) is 3.17. The molecule has 5 heteroatoms. The minimum atomic E-state index is 0.0605. The zero-order valence-electron chi connectivity index (χ0n) is 11.6. The van der Waals surface area contributed by atoms with Gasteiger partial charge in [-0.05, 0) is 68.1 Å². The molecule has 106 valence electrons. The van der Waals surface area contributed by atoms with Gasteiger partial charge in [0.25, 0.3) is 0 Å². The Balaban J connectivity index is 1.54. The third-order valence-electron chi connectivity index (χ3n) is 3.42.